The fourth-order valence-corrected chi connectivity index (χ4v) is 1.31. The van der Waals surface area contributed by atoms with Crippen molar-refractivity contribution < 1.29 is 4.79 Å². The van der Waals surface area contributed by atoms with Crippen molar-refractivity contribution >= 4 is 5.91 Å². The van der Waals surface area contributed by atoms with E-state index in [1.54, 1.807) is 0 Å². The van der Waals surface area contributed by atoms with Gasteiger partial charge in [-0.25, -0.2) is 0 Å². The van der Waals surface area contributed by atoms with Crippen LogP contribution in [-0.4, -0.2) is 18.0 Å². The lowest BCUT2D eigenvalue weighted by Gasteiger charge is -2.16. The van der Waals surface area contributed by atoms with E-state index in [1.807, 2.05) is 13.8 Å². The monoisotopic (exact) mass is 200 g/mol. The molecule has 0 saturated heterocycles. The molecular weight excluding hydrogens is 176 g/mol. The van der Waals surface area contributed by atoms with E-state index >= 15 is 0 Å². The van der Waals surface area contributed by atoms with Crippen LogP contribution in [0.3, 0.4) is 0 Å². The number of nitrogens with one attached hydrogen (secondary N) is 1. The molecule has 0 bridgehead atoms. The lowest BCUT2D eigenvalue weighted by atomic mass is 10.1. The Balaban J connectivity index is 3.60. The summed E-state index contributed by atoms with van der Waals surface area (Å²) in [5.74, 6) is -0.0171. The van der Waals surface area contributed by atoms with E-state index in [0.717, 1.165) is 6.42 Å². The van der Waals surface area contributed by atoms with Crippen LogP contribution in [0.2, 0.25) is 0 Å². The SMILES string of the molecule is CCCCCC(C)NC(=O)[C@H](N)CC. The Kier molecular flexibility index (Phi) is 7.48. The van der Waals surface area contributed by atoms with Gasteiger partial charge in [0.05, 0.1) is 6.04 Å². The predicted molar refractivity (Wildman–Crippen MR) is 60.0 cm³/mol. The summed E-state index contributed by atoms with van der Waals surface area (Å²) < 4.78 is 0. The largest absolute Gasteiger partial charge is 0.352 e. The van der Waals surface area contributed by atoms with Crippen molar-refractivity contribution in [2.24, 2.45) is 5.73 Å². The first-order chi connectivity index (χ1) is 6.61. The van der Waals surface area contributed by atoms with Gasteiger partial charge < -0.3 is 11.1 Å². The normalized spacial score (nSPS) is 14.9. The molecule has 3 N–H and O–H groups in total. The number of unbranched alkanes of at least 4 members (excludes halogenated alkanes) is 2. The maximum atomic E-state index is 11.4. The molecule has 0 aliphatic carbocycles. The minimum Gasteiger partial charge on any atom is -0.352 e. The summed E-state index contributed by atoms with van der Waals surface area (Å²) in [6.07, 6.45) is 5.39. The maximum absolute atomic E-state index is 11.4. The summed E-state index contributed by atoms with van der Waals surface area (Å²) in [5, 5.41) is 2.93. The zero-order chi connectivity index (χ0) is 11.0. The minimum atomic E-state index is -0.344. The average Bonchev–Trinajstić information content (AvgIpc) is 2.16. The molecule has 3 heteroatoms. The van der Waals surface area contributed by atoms with Crippen molar-refractivity contribution in [3.63, 3.8) is 0 Å². The smallest absolute Gasteiger partial charge is 0.237 e. The quantitative estimate of drug-likeness (QED) is 0.616. The molecule has 2 atom stereocenters. The van der Waals surface area contributed by atoms with Crippen molar-refractivity contribution in [1.82, 2.24) is 5.32 Å². The molecule has 0 spiro atoms. The van der Waals surface area contributed by atoms with Crippen LogP contribution < -0.4 is 11.1 Å². The Morgan fingerprint density at radius 3 is 2.50 bits per heavy atom. The van der Waals surface area contributed by atoms with Gasteiger partial charge in [0.2, 0.25) is 5.91 Å². The van der Waals surface area contributed by atoms with Crippen molar-refractivity contribution in [1.29, 1.82) is 0 Å². The summed E-state index contributed by atoms with van der Waals surface area (Å²) in [4.78, 5) is 11.4. The highest BCUT2D eigenvalue weighted by Crippen LogP contribution is 2.03. The number of nitrogens with two attached hydrogens (primary N) is 1. The van der Waals surface area contributed by atoms with Crippen LogP contribution >= 0.6 is 0 Å². The molecule has 0 radical (unpaired) electrons. The fraction of sp³-hybridized carbons (Fsp3) is 0.909. The van der Waals surface area contributed by atoms with Crippen LogP contribution in [0.25, 0.3) is 0 Å². The standard InChI is InChI=1S/C11H24N2O/c1-4-6-7-8-9(3)13-11(14)10(12)5-2/h9-10H,4-8,12H2,1-3H3,(H,13,14)/t9?,10-/m1/s1. The topological polar surface area (TPSA) is 55.1 Å². The van der Waals surface area contributed by atoms with Gasteiger partial charge in [-0.1, -0.05) is 33.1 Å². The summed E-state index contributed by atoms with van der Waals surface area (Å²) >= 11 is 0. The Hall–Kier alpha value is -0.570. The summed E-state index contributed by atoms with van der Waals surface area (Å²) in [6.45, 7) is 6.14. The summed E-state index contributed by atoms with van der Waals surface area (Å²) in [5.41, 5.74) is 5.61. The molecule has 0 aliphatic heterocycles. The first-order valence-electron chi connectivity index (χ1n) is 5.67. The third-order valence-electron chi connectivity index (χ3n) is 2.41. The molecule has 0 saturated carbocycles. The van der Waals surface area contributed by atoms with Crippen molar-refractivity contribution in [2.45, 2.75) is 65.0 Å². The Morgan fingerprint density at radius 2 is 2.00 bits per heavy atom. The van der Waals surface area contributed by atoms with Crippen molar-refractivity contribution in [2.75, 3.05) is 0 Å². The average molecular weight is 200 g/mol. The van der Waals surface area contributed by atoms with Crippen molar-refractivity contribution in [3.05, 3.63) is 0 Å². The second-order valence-corrected chi connectivity index (χ2v) is 3.92. The summed E-state index contributed by atoms with van der Waals surface area (Å²) in [7, 11) is 0. The van der Waals surface area contributed by atoms with Gasteiger partial charge in [-0.05, 0) is 19.8 Å². The molecule has 3 nitrogen and oxygen atoms in total. The van der Waals surface area contributed by atoms with E-state index in [9.17, 15) is 4.79 Å². The third-order valence-corrected chi connectivity index (χ3v) is 2.41. The van der Waals surface area contributed by atoms with Gasteiger partial charge in [0.25, 0.3) is 0 Å². The molecule has 0 fully saturated rings. The van der Waals surface area contributed by atoms with Crippen LogP contribution in [0.1, 0.15) is 52.9 Å². The van der Waals surface area contributed by atoms with Gasteiger partial charge in [0.15, 0.2) is 0 Å². The molecular formula is C11H24N2O. The van der Waals surface area contributed by atoms with E-state index in [1.165, 1.54) is 19.3 Å². The van der Waals surface area contributed by atoms with E-state index in [4.69, 9.17) is 5.73 Å². The number of rotatable bonds is 7. The van der Waals surface area contributed by atoms with E-state index in [0.29, 0.717) is 6.42 Å². The van der Waals surface area contributed by atoms with E-state index in [-0.39, 0.29) is 18.0 Å². The molecule has 1 amide bonds. The highest BCUT2D eigenvalue weighted by atomic mass is 16.2. The van der Waals surface area contributed by atoms with Crippen LogP contribution in [0, 0.1) is 0 Å². The van der Waals surface area contributed by atoms with Gasteiger partial charge in [0.1, 0.15) is 0 Å². The van der Waals surface area contributed by atoms with Crippen LogP contribution in [0.4, 0.5) is 0 Å². The van der Waals surface area contributed by atoms with Gasteiger partial charge in [-0.3, -0.25) is 4.79 Å². The second-order valence-electron chi connectivity index (χ2n) is 3.92. The number of amides is 1. The number of hydrogen-bond acceptors (Lipinski definition) is 2. The molecule has 0 aromatic rings. The Labute approximate surface area is 87.4 Å². The lowest BCUT2D eigenvalue weighted by Crippen LogP contribution is -2.44. The molecule has 0 heterocycles. The van der Waals surface area contributed by atoms with Crippen LogP contribution in [0.15, 0.2) is 0 Å². The van der Waals surface area contributed by atoms with E-state index < -0.39 is 0 Å². The van der Waals surface area contributed by atoms with Crippen molar-refractivity contribution in [3.8, 4) is 0 Å². The van der Waals surface area contributed by atoms with Gasteiger partial charge in [0, 0.05) is 6.04 Å². The molecule has 84 valence electrons. The van der Waals surface area contributed by atoms with Crippen LogP contribution in [-0.2, 0) is 4.79 Å². The number of carbonyl (C=O) groups is 1. The molecule has 1 unspecified atom stereocenters. The lowest BCUT2D eigenvalue weighted by molar-refractivity contribution is -0.123. The Morgan fingerprint density at radius 1 is 1.36 bits per heavy atom. The third kappa shape index (κ3) is 5.97. The van der Waals surface area contributed by atoms with Gasteiger partial charge >= 0.3 is 0 Å². The molecule has 14 heavy (non-hydrogen) atoms. The minimum absolute atomic E-state index is 0.0171. The predicted octanol–water partition coefficient (Wildman–Crippen LogP) is 1.81. The molecule has 0 rings (SSSR count). The van der Waals surface area contributed by atoms with Crippen LogP contribution in [0.5, 0.6) is 0 Å². The molecule has 0 aromatic carbocycles. The zero-order valence-electron chi connectivity index (χ0n) is 9.68. The second kappa shape index (κ2) is 7.80. The zero-order valence-corrected chi connectivity index (χ0v) is 9.68. The molecule has 0 aromatic heterocycles. The number of carbonyl (C=O) groups excluding carboxylic acids is 1. The number of hydrogen-bond donors (Lipinski definition) is 2. The first kappa shape index (κ1) is 13.4. The maximum Gasteiger partial charge on any atom is 0.237 e. The van der Waals surface area contributed by atoms with E-state index in [2.05, 4.69) is 12.2 Å². The first-order valence-corrected chi connectivity index (χ1v) is 5.67. The fourth-order valence-electron chi connectivity index (χ4n) is 1.31. The van der Waals surface area contributed by atoms with Gasteiger partial charge in [-0.15, -0.1) is 0 Å². The highest BCUT2D eigenvalue weighted by molar-refractivity contribution is 5.81. The summed E-state index contributed by atoms with van der Waals surface area (Å²) in [6, 6.07) is -0.0877. The Bertz CT molecular complexity index is 159. The highest BCUT2D eigenvalue weighted by Gasteiger charge is 2.12. The van der Waals surface area contributed by atoms with Gasteiger partial charge in [-0.2, -0.15) is 0 Å². The molecule has 0 aliphatic rings.